The number of nitrogens with one attached hydrogen (secondary N) is 1. The van der Waals surface area contributed by atoms with Crippen molar-refractivity contribution >= 4 is 12.2 Å². The fourth-order valence-corrected chi connectivity index (χ4v) is 1.90. The van der Waals surface area contributed by atoms with E-state index in [9.17, 15) is 27.6 Å². The van der Waals surface area contributed by atoms with Gasteiger partial charge in [-0.25, -0.2) is 13.2 Å². The average Bonchev–Trinajstić information content (AvgIpc) is 2.60. The Hall–Kier alpha value is -3.14. The van der Waals surface area contributed by atoms with Gasteiger partial charge in [-0.05, 0) is 0 Å². The molecule has 1 aromatic heterocycles. The fraction of sp³-hybridized carbons (Fsp3) is 0.235. The number of halogens is 3. The number of hydrogen-bond acceptors (Lipinski definition) is 6. The summed E-state index contributed by atoms with van der Waals surface area (Å²) in [6.45, 7) is -0.631. The minimum absolute atomic E-state index is 0.227. The summed E-state index contributed by atoms with van der Waals surface area (Å²) in [5.41, 5.74) is -2.03. The van der Waals surface area contributed by atoms with Gasteiger partial charge in [0, 0.05) is 38.5 Å². The van der Waals surface area contributed by atoms with E-state index in [1.165, 1.54) is 0 Å². The van der Waals surface area contributed by atoms with Crippen LogP contribution in [0.2, 0.25) is 0 Å². The van der Waals surface area contributed by atoms with E-state index in [0.717, 1.165) is 13.4 Å². The van der Waals surface area contributed by atoms with Gasteiger partial charge in [-0.1, -0.05) is 0 Å². The second-order valence-electron chi connectivity index (χ2n) is 4.93. The van der Waals surface area contributed by atoms with Crippen molar-refractivity contribution in [1.29, 1.82) is 0 Å². The highest BCUT2D eigenvalue weighted by atomic mass is 19.1. The van der Waals surface area contributed by atoms with Gasteiger partial charge in [0.15, 0.2) is 6.29 Å². The highest BCUT2D eigenvalue weighted by Gasteiger charge is 2.20. The van der Waals surface area contributed by atoms with Crippen LogP contribution in [0.1, 0.15) is 26.5 Å². The Balaban J connectivity index is 0.00000114. The number of benzene rings is 1. The lowest BCUT2D eigenvalue weighted by atomic mass is 10.1. The van der Waals surface area contributed by atoms with E-state index >= 15 is 0 Å². The molecule has 1 heterocycles. The molecule has 1 amide bonds. The van der Waals surface area contributed by atoms with Crippen LogP contribution >= 0.6 is 0 Å². The highest BCUT2D eigenvalue weighted by molar-refractivity contribution is 5.94. The van der Waals surface area contributed by atoms with Crippen LogP contribution < -0.4 is 15.5 Å². The van der Waals surface area contributed by atoms with Crippen molar-refractivity contribution in [1.82, 2.24) is 5.32 Å². The molecule has 0 saturated carbocycles. The number of ether oxygens (including phenoxy) is 2. The Bertz CT molecular complexity index is 858. The Morgan fingerprint density at radius 2 is 1.74 bits per heavy atom. The largest absolute Gasteiger partial charge is 0.489 e. The van der Waals surface area contributed by atoms with E-state index in [-0.39, 0.29) is 6.29 Å². The van der Waals surface area contributed by atoms with Gasteiger partial charge in [-0.3, -0.25) is 14.4 Å². The van der Waals surface area contributed by atoms with Crippen LogP contribution in [0, 0.1) is 17.5 Å². The first-order valence-corrected chi connectivity index (χ1v) is 7.27. The zero-order valence-corrected chi connectivity index (χ0v) is 14.6. The van der Waals surface area contributed by atoms with E-state index in [1.54, 1.807) is 14.2 Å². The second kappa shape index (κ2) is 10.1. The van der Waals surface area contributed by atoms with Crippen molar-refractivity contribution in [2.75, 3.05) is 21.3 Å². The minimum atomic E-state index is -1.19. The summed E-state index contributed by atoms with van der Waals surface area (Å²) in [7, 11) is 4.35. The normalized spacial score (nSPS) is 9.85. The van der Waals surface area contributed by atoms with Crippen LogP contribution in [0.4, 0.5) is 13.2 Å². The number of aldehydes is 1. The molecule has 7 nitrogen and oxygen atoms in total. The molecule has 0 unspecified atom stereocenters. The molecule has 0 aliphatic carbocycles. The van der Waals surface area contributed by atoms with Gasteiger partial charge in [0.25, 0.3) is 5.91 Å². The Morgan fingerprint density at radius 3 is 2.22 bits per heavy atom. The number of rotatable bonds is 5. The first-order chi connectivity index (χ1) is 12.8. The standard InChI is InChI=1S/C15H10F3NO5.C2H6O/c1-23-14-12(5-20)24-6-9(13(14)21)15(22)19-4-8-10(17)2-7(16)3-11(8)18;1-3-2/h2-3,5-6H,4H2,1H3,(H,19,22);1-2H3. The van der Waals surface area contributed by atoms with E-state index < -0.39 is 58.0 Å². The quantitative estimate of drug-likeness (QED) is 0.790. The molecule has 1 N–H and O–H groups in total. The molecule has 2 rings (SSSR count). The topological polar surface area (TPSA) is 94.8 Å². The molecule has 0 atom stereocenters. The van der Waals surface area contributed by atoms with Gasteiger partial charge in [-0.15, -0.1) is 0 Å². The van der Waals surface area contributed by atoms with Crippen molar-refractivity contribution in [3.05, 3.63) is 63.0 Å². The Labute approximate surface area is 151 Å². The summed E-state index contributed by atoms with van der Waals surface area (Å²) in [6, 6.07) is 0.918. The third kappa shape index (κ3) is 5.42. The molecular weight excluding hydrogens is 371 g/mol. The third-order valence-corrected chi connectivity index (χ3v) is 3.07. The van der Waals surface area contributed by atoms with Crippen LogP contribution in [-0.2, 0) is 11.3 Å². The molecule has 0 bridgehead atoms. The zero-order chi connectivity index (χ0) is 20.6. The van der Waals surface area contributed by atoms with E-state index in [1.807, 2.05) is 0 Å². The smallest absolute Gasteiger partial charge is 0.258 e. The van der Waals surface area contributed by atoms with Gasteiger partial charge >= 0.3 is 0 Å². The van der Waals surface area contributed by atoms with Gasteiger partial charge in [-0.2, -0.15) is 0 Å². The molecule has 1 aromatic carbocycles. The Kier molecular flexibility index (Phi) is 8.21. The van der Waals surface area contributed by atoms with Crippen LogP contribution in [0.15, 0.2) is 27.6 Å². The maximum absolute atomic E-state index is 13.5. The van der Waals surface area contributed by atoms with Crippen molar-refractivity contribution in [2.45, 2.75) is 6.54 Å². The summed E-state index contributed by atoms with van der Waals surface area (Å²) < 4.78 is 53.5. The fourth-order valence-electron chi connectivity index (χ4n) is 1.90. The van der Waals surface area contributed by atoms with E-state index in [2.05, 4.69) is 10.1 Å². The maximum atomic E-state index is 13.5. The molecule has 2 aromatic rings. The molecular formula is C17H16F3NO6. The lowest BCUT2D eigenvalue weighted by Crippen LogP contribution is -2.29. The molecule has 10 heteroatoms. The maximum Gasteiger partial charge on any atom is 0.258 e. The first-order valence-electron chi connectivity index (χ1n) is 7.27. The van der Waals surface area contributed by atoms with Crippen LogP contribution in [-0.4, -0.2) is 33.5 Å². The van der Waals surface area contributed by atoms with Crippen molar-refractivity contribution in [2.24, 2.45) is 0 Å². The van der Waals surface area contributed by atoms with Crippen LogP contribution in [0.5, 0.6) is 5.75 Å². The molecule has 27 heavy (non-hydrogen) atoms. The third-order valence-electron chi connectivity index (χ3n) is 3.07. The van der Waals surface area contributed by atoms with Crippen LogP contribution in [0.3, 0.4) is 0 Å². The average molecular weight is 387 g/mol. The lowest BCUT2D eigenvalue weighted by Gasteiger charge is -2.08. The second-order valence-corrected chi connectivity index (χ2v) is 4.93. The number of amides is 1. The summed E-state index contributed by atoms with van der Waals surface area (Å²) in [4.78, 5) is 34.7. The summed E-state index contributed by atoms with van der Waals surface area (Å²) in [5, 5.41) is 2.10. The molecule has 0 saturated heterocycles. The molecule has 0 radical (unpaired) electrons. The number of carbonyl (C=O) groups excluding carboxylic acids is 2. The predicted octanol–water partition coefficient (Wildman–Crippen LogP) is 2.07. The van der Waals surface area contributed by atoms with Crippen molar-refractivity contribution < 1.29 is 36.7 Å². The number of methoxy groups -OCH3 is 2. The SMILES string of the molecule is COC.COc1c(C=O)occ(C(=O)NCc2c(F)cc(F)cc2F)c1=O. The van der Waals surface area contributed by atoms with E-state index in [0.29, 0.717) is 12.1 Å². The van der Waals surface area contributed by atoms with Crippen molar-refractivity contribution in [3.8, 4) is 5.75 Å². The molecule has 146 valence electrons. The predicted molar refractivity (Wildman–Crippen MR) is 87.3 cm³/mol. The molecule has 0 aliphatic rings. The summed E-state index contributed by atoms with van der Waals surface area (Å²) in [5.74, 6) is -5.37. The first kappa shape index (κ1) is 21.9. The summed E-state index contributed by atoms with van der Waals surface area (Å²) in [6.07, 6.45) is 0.951. The van der Waals surface area contributed by atoms with Gasteiger partial charge in [0.1, 0.15) is 29.3 Å². The molecule has 0 spiro atoms. The monoisotopic (exact) mass is 387 g/mol. The van der Waals surface area contributed by atoms with E-state index in [4.69, 9.17) is 9.15 Å². The lowest BCUT2D eigenvalue weighted by molar-refractivity contribution is 0.0943. The van der Waals surface area contributed by atoms with Gasteiger partial charge in [0.2, 0.25) is 16.9 Å². The molecule has 0 fully saturated rings. The zero-order valence-electron chi connectivity index (χ0n) is 14.6. The van der Waals surface area contributed by atoms with Crippen LogP contribution in [0.25, 0.3) is 0 Å². The highest BCUT2D eigenvalue weighted by Crippen LogP contribution is 2.15. The number of carbonyl (C=O) groups is 2. The number of hydrogen-bond donors (Lipinski definition) is 1. The Morgan fingerprint density at radius 1 is 1.19 bits per heavy atom. The van der Waals surface area contributed by atoms with Gasteiger partial charge < -0.3 is 19.2 Å². The summed E-state index contributed by atoms with van der Waals surface area (Å²) >= 11 is 0. The molecule has 0 aliphatic heterocycles. The van der Waals surface area contributed by atoms with Crippen molar-refractivity contribution in [3.63, 3.8) is 0 Å². The van der Waals surface area contributed by atoms with Gasteiger partial charge in [0.05, 0.1) is 7.11 Å². The minimum Gasteiger partial charge on any atom is -0.489 e.